The zero-order valence-corrected chi connectivity index (χ0v) is 39.0. The number of rotatable bonds is 14. The van der Waals surface area contributed by atoms with Crippen LogP contribution in [-0.2, 0) is 33.5 Å². The number of carbonyl (C=O) groups excluding carboxylic acids is 2. The average molecular weight is 1030 g/mol. The van der Waals surface area contributed by atoms with Gasteiger partial charge in [0.15, 0.2) is 5.82 Å². The number of carbonyl (C=O) groups is 2. The molecule has 5 N–H and O–H groups in total. The fourth-order valence-corrected chi connectivity index (χ4v) is 8.18. The number of hydrogen-bond donors (Lipinski definition) is 3. The highest BCUT2D eigenvalue weighted by Gasteiger charge is 2.52. The summed E-state index contributed by atoms with van der Waals surface area (Å²) in [6, 6.07) is 5.89. The number of thioether (sulfide) groups is 1. The first-order valence-corrected chi connectivity index (χ1v) is 23.3. The van der Waals surface area contributed by atoms with Crippen LogP contribution in [0.3, 0.4) is 0 Å². The largest absolute Gasteiger partial charge is 0.448 e. The number of fused-ring (bicyclic) bond motifs is 1. The molecule has 0 radical (unpaired) electrons. The van der Waals surface area contributed by atoms with Gasteiger partial charge >= 0.3 is 18.4 Å². The van der Waals surface area contributed by atoms with Crippen LogP contribution >= 0.6 is 23.4 Å². The first kappa shape index (κ1) is 53.6. The highest BCUT2D eigenvalue weighted by molar-refractivity contribution is 8.00. The number of nitrogens with zero attached hydrogens (tertiary/aromatic N) is 5. The van der Waals surface area contributed by atoms with Gasteiger partial charge in [-0.1, -0.05) is 30.5 Å². The quantitative estimate of drug-likeness (QED) is 0.0634. The third-order valence-electron chi connectivity index (χ3n) is 10.2. The lowest BCUT2D eigenvalue weighted by molar-refractivity contribution is -0.141. The minimum Gasteiger partial charge on any atom is -0.448 e. The summed E-state index contributed by atoms with van der Waals surface area (Å²) in [5.74, 6) is -3.46. The Morgan fingerprint density at radius 3 is 2.34 bits per heavy atom. The van der Waals surface area contributed by atoms with E-state index in [9.17, 15) is 48.9 Å². The van der Waals surface area contributed by atoms with E-state index in [1.165, 1.54) is 36.0 Å². The number of ether oxygens (including phenoxy) is 1. The van der Waals surface area contributed by atoms with Crippen LogP contribution < -0.4 is 21.1 Å². The Hall–Kier alpha value is -5.38. The standard InChI is InChI=1S/C43H43ClF10N8O4S2/c1-22-19-41(47,48)37(32(22)36(56)43(52,53)54)57-20-31(63)59-30(17-23-15-24(45)18-25(46)16-23)34-27(8-7-26(58-34)11-12-40(2,3)67-4)28-9-10-29(44)33-35(28)61(21-42(49,50)51)60-38(33)62(68(5)65)39(64)66-14-6-13-55/h7-10,15-16,18,22,30H,6,13-14,17,19-21,55-56H2,1-5H3,(H,59,63)/b36-32-,57-37?/t22-,30?,68?/m0/s1. The number of nitrogens with two attached hydrogens (primary N) is 2. The van der Waals surface area contributed by atoms with Crippen molar-refractivity contribution in [3.8, 4) is 23.0 Å². The summed E-state index contributed by atoms with van der Waals surface area (Å²) in [4.78, 5) is 35.5. The van der Waals surface area contributed by atoms with Crippen molar-refractivity contribution in [2.24, 2.45) is 22.4 Å². The van der Waals surface area contributed by atoms with E-state index in [4.69, 9.17) is 27.8 Å². The molecule has 12 nitrogen and oxygen atoms in total. The number of allylic oxidation sites excluding steroid dienone is 2. The number of alkyl halides is 8. The number of anilines is 1. The molecule has 5 rings (SSSR count). The van der Waals surface area contributed by atoms with Crippen LogP contribution in [0.25, 0.3) is 22.0 Å². The molecule has 3 atom stereocenters. The number of aromatic nitrogens is 3. The van der Waals surface area contributed by atoms with E-state index < -0.39 is 124 Å². The smallest absolute Gasteiger partial charge is 0.431 e. The number of hydrogen-bond acceptors (Lipinski definition) is 10. The summed E-state index contributed by atoms with van der Waals surface area (Å²) >= 11 is 8.02. The van der Waals surface area contributed by atoms with E-state index in [0.717, 1.165) is 25.3 Å². The van der Waals surface area contributed by atoms with Crippen LogP contribution in [-0.4, -0.2) is 91.9 Å². The Morgan fingerprint density at radius 1 is 1.10 bits per heavy atom. The first-order valence-electron chi connectivity index (χ1n) is 20.2. The van der Waals surface area contributed by atoms with E-state index in [1.807, 2.05) is 0 Å². The van der Waals surface area contributed by atoms with Crippen LogP contribution in [0.15, 0.2) is 58.7 Å². The maximum absolute atomic E-state index is 15.2. The summed E-state index contributed by atoms with van der Waals surface area (Å²) in [6.45, 7) is 1.41. The average Bonchev–Trinajstić information content (AvgIpc) is 3.69. The van der Waals surface area contributed by atoms with Gasteiger partial charge in [-0.15, -0.1) is 11.8 Å². The fourth-order valence-electron chi connectivity index (χ4n) is 7.16. The van der Waals surface area contributed by atoms with Gasteiger partial charge in [0.25, 0.3) is 5.92 Å². The molecular weight excluding hydrogens is 982 g/mol. The van der Waals surface area contributed by atoms with Crippen molar-refractivity contribution < 1.29 is 62.4 Å². The topological polar surface area (TPSA) is 171 Å². The second-order valence-corrected chi connectivity index (χ2v) is 18.9. The Kier molecular flexibility index (Phi) is 16.6. The zero-order valence-electron chi connectivity index (χ0n) is 36.6. The number of nitrogens with one attached hydrogen (secondary N) is 1. The maximum atomic E-state index is 15.2. The minimum atomic E-state index is -5.23. The van der Waals surface area contributed by atoms with Crippen LogP contribution in [0.4, 0.5) is 54.5 Å². The molecule has 1 aliphatic rings. The van der Waals surface area contributed by atoms with Gasteiger partial charge in [-0.25, -0.2) is 22.8 Å². The fraction of sp³-hybridized carbons (Fsp3) is 0.419. The van der Waals surface area contributed by atoms with Crippen molar-refractivity contribution in [3.05, 3.63) is 87.3 Å². The lowest BCUT2D eigenvalue weighted by atomic mass is 9.93. The molecule has 4 aromatic rings. The van der Waals surface area contributed by atoms with Gasteiger partial charge in [-0.05, 0) is 87.2 Å². The van der Waals surface area contributed by atoms with Gasteiger partial charge in [0.1, 0.15) is 52.8 Å². The van der Waals surface area contributed by atoms with Crippen molar-refractivity contribution >= 4 is 68.8 Å². The van der Waals surface area contributed by atoms with Crippen molar-refractivity contribution in [1.82, 2.24) is 20.1 Å². The number of halogens is 11. The van der Waals surface area contributed by atoms with E-state index in [1.54, 1.807) is 20.1 Å². The van der Waals surface area contributed by atoms with E-state index >= 15 is 8.78 Å². The monoisotopic (exact) mass is 1020 g/mol. The Labute approximate surface area is 394 Å². The molecule has 2 aromatic heterocycles. The Morgan fingerprint density at radius 2 is 1.75 bits per heavy atom. The van der Waals surface area contributed by atoms with Gasteiger partial charge in [0, 0.05) is 35.4 Å². The highest BCUT2D eigenvalue weighted by atomic mass is 35.5. The number of aliphatic imine (C=N–C) groups is 1. The molecule has 0 saturated heterocycles. The maximum Gasteiger partial charge on any atom is 0.431 e. The molecule has 2 unspecified atom stereocenters. The molecule has 1 aliphatic carbocycles. The summed E-state index contributed by atoms with van der Waals surface area (Å²) < 4.78 is 163. The summed E-state index contributed by atoms with van der Waals surface area (Å²) in [6.07, 6.45) is -10.2. The predicted octanol–water partition coefficient (Wildman–Crippen LogP) is 8.96. The van der Waals surface area contributed by atoms with Crippen molar-refractivity contribution in [2.75, 3.05) is 36.5 Å². The van der Waals surface area contributed by atoms with Crippen LogP contribution in [0.5, 0.6) is 0 Å². The summed E-state index contributed by atoms with van der Waals surface area (Å²) in [5, 5.41) is 5.94. The van der Waals surface area contributed by atoms with Crippen LogP contribution in [0.2, 0.25) is 5.02 Å². The van der Waals surface area contributed by atoms with Crippen LogP contribution in [0, 0.1) is 29.4 Å². The molecule has 25 heteroatoms. The molecule has 2 amide bonds. The van der Waals surface area contributed by atoms with E-state index in [-0.39, 0.29) is 58.1 Å². The molecule has 68 heavy (non-hydrogen) atoms. The molecule has 368 valence electrons. The number of amides is 2. The van der Waals surface area contributed by atoms with Crippen molar-refractivity contribution in [2.45, 2.75) is 75.6 Å². The summed E-state index contributed by atoms with van der Waals surface area (Å²) in [5.41, 5.74) is 5.45. The lowest BCUT2D eigenvalue weighted by Crippen LogP contribution is -2.34. The van der Waals surface area contributed by atoms with Crippen LogP contribution in [0.1, 0.15) is 56.6 Å². The molecular formula is C43H43ClF10N8O4S2. The second kappa shape index (κ2) is 21.1. The Balaban J connectivity index is 1.81. The predicted molar refractivity (Wildman–Crippen MR) is 239 cm³/mol. The van der Waals surface area contributed by atoms with E-state index in [0.29, 0.717) is 15.1 Å². The normalized spacial score (nSPS) is 17.4. The van der Waals surface area contributed by atoms with E-state index in [2.05, 4.69) is 32.2 Å². The third kappa shape index (κ3) is 12.8. The molecule has 0 spiro atoms. The molecule has 0 bridgehead atoms. The minimum absolute atomic E-state index is 0.00439. The molecule has 1 saturated carbocycles. The zero-order chi connectivity index (χ0) is 50.7. The summed E-state index contributed by atoms with van der Waals surface area (Å²) in [7, 11) is -2.34. The van der Waals surface area contributed by atoms with Gasteiger partial charge in [-0.3, -0.25) is 14.5 Å². The van der Waals surface area contributed by atoms with Crippen molar-refractivity contribution in [3.63, 3.8) is 0 Å². The second-order valence-electron chi connectivity index (χ2n) is 15.9. The molecule has 0 aliphatic heterocycles. The van der Waals surface area contributed by atoms with Crippen molar-refractivity contribution in [1.29, 1.82) is 0 Å². The molecule has 1 fully saturated rings. The molecule has 2 aromatic carbocycles. The van der Waals surface area contributed by atoms with Gasteiger partial charge in [0.05, 0.1) is 39.0 Å². The SMILES string of the molecule is CSC(C)(C)C#Cc1ccc(-c2ccc(Cl)c3c(N(C(=O)OCCCN)S(C)=O)nn(CC(F)(F)F)c23)c(C(Cc2cc(F)cc(F)c2)NC(=O)CN=C2/C(=C(\N)C(F)(F)F)[C@@H](C)CC2(F)F)n1. The number of benzene rings is 2. The highest BCUT2D eigenvalue weighted by Crippen LogP contribution is 2.45. The van der Waals surface area contributed by atoms with Gasteiger partial charge in [0.2, 0.25) is 5.91 Å². The van der Waals surface area contributed by atoms with Gasteiger partial charge < -0.3 is 21.5 Å². The molecule has 2 heterocycles. The van der Waals surface area contributed by atoms with Gasteiger partial charge in [-0.2, -0.15) is 44.5 Å². The number of pyridine rings is 1. The third-order valence-corrected chi connectivity index (χ3v) is 12.5. The lowest BCUT2D eigenvalue weighted by Gasteiger charge is -2.23. The Bertz CT molecular complexity index is 2710. The first-order chi connectivity index (χ1) is 31.6.